The lowest BCUT2D eigenvalue weighted by molar-refractivity contribution is 0.0265. The average molecular weight is 505 g/mol. The van der Waals surface area contributed by atoms with E-state index in [9.17, 15) is 9.59 Å². The van der Waals surface area contributed by atoms with E-state index >= 15 is 0 Å². The van der Waals surface area contributed by atoms with Crippen LogP contribution in [0.15, 0.2) is 48.5 Å². The van der Waals surface area contributed by atoms with E-state index in [1.807, 2.05) is 0 Å². The molecule has 0 aliphatic rings. The number of hydrogen-bond acceptors (Lipinski definition) is 4. The monoisotopic (exact) mass is 502 g/mol. The Morgan fingerprint density at radius 3 is 1.14 bits per heavy atom. The van der Waals surface area contributed by atoms with Gasteiger partial charge in [-0.1, -0.05) is 93.9 Å². The van der Waals surface area contributed by atoms with Gasteiger partial charge in [0.1, 0.15) is 13.2 Å². The Morgan fingerprint density at radius 1 is 0.607 bits per heavy atom. The third-order valence-electron chi connectivity index (χ3n) is 3.45. The van der Waals surface area contributed by atoms with Crippen LogP contribution in [0.2, 0.25) is 0 Å². The van der Waals surface area contributed by atoms with E-state index < -0.39 is 19.5 Å². The molecule has 0 aliphatic carbocycles. The van der Waals surface area contributed by atoms with Gasteiger partial charge in [-0.15, -0.1) is 0 Å². The molecular formula is C18H12Cl6O4. The van der Waals surface area contributed by atoms with E-state index in [0.717, 1.165) is 0 Å². The molecule has 0 heterocycles. The second kappa shape index (κ2) is 9.75. The number of hydrogen-bond donors (Lipinski definition) is 0. The third-order valence-corrected chi connectivity index (χ3v) is 4.75. The summed E-state index contributed by atoms with van der Waals surface area (Å²) in [5.74, 6) is -1.20. The first-order valence-corrected chi connectivity index (χ1v) is 9.94. The molecule has 0 unspecified atom stereocenters. The first-order valence-electron chi connectivity index (χ1n) is 7.67. The second-order valence-corrected chi connectivity index (χ2v) is 9.98. The van der Waals surface area contributed by atoms with Crippen molar-refractivity contribution < 1.29 is 19.1 Å². The number of alkyl halides is 6. The van der Waals surface area contributed by atoms with Crippen LogP contribution in [0.3, 0.4) is 0 Å². The lowest BCUT2D eigenvalue weighted by atomic mass is 10.1. The first kappa shape index (κ1) is 23.4. The van der Waals surface area contributed by atoms with Gasteiger partial charge in [-0.05, 0) is 24.3 Å². The van der Waals surface area contributed by atoms with Crippen molar-refractivity contribution >= 4 is 81.5 Å². The van der Waals surface area contributed by atoms with E-state index in [0.29, 0.717) is 11.1 Å². The maximum Gasteiger partial charge on any atom is 0.338 e. The molecule has 0 atom stereocenters. The van der Waals surface area contributed by atoms with Gasteiger partial charge in [0, 0.05) is 11.1 Å². The third kappa shape index (κ3) is 6.87. The number of carbonyl (C=O) groups is 2. The first-order chi connectivity index (χ1) is 13.0. The predicted molar refractivity (Wildman–Crippen MR) is 112 cm³/mol. The van der Waals surface area contributed by atoms with Gasteiger partial charge in [0.2, 0.25) is 7.59 Å². The van der Waals surface area contributed by atoms with Gasteiger partial charge in [-0.3, -0.25) is 0 Å². The molecule has 10 heteroatoms. The summed E-state index contributed by atoms with van der Waals surface area (Å²) >= 11 is 34.5. The SMILES string of the molecule is O=C(OCCOC(=O)c1ccc(C(Cl)(Cl)Cl)cc1)c1ccc(C(Cl)(Cl)Cl)cc1. The summed E-state index contributed by atoms with van der Waals surface area (Å²) in [4.78, 5) is 23.9. The molecule has 0 amide bonds. The Balaban J connectivity index is 1.80. The van der Waals surface area contributed by atoms with Crippen molar-refractivity contribution in [3.05, 3.63) is 70.8 Å². The Labute approximate surface area is 191 Å². The van der Waals surface area contributed by atoms with Crippen molar-refractivity contribution in [3.63, 3.8) is 0 Å². The highest BCUT2D eigenvalue weighted by Gasteiger charge is 2.23. The quantitative estimate of drug-likeness (QED) is 0.270. The molecule has 0 aliphatic heterocycles. The zero-order valence-corrected chi connectivity index (χ0v) is 18.5. The standard InChI is InChI=1S/C18H12Cl6O4/c19-17(20,21)13-5-1-11(2-6-13)15(25)27-9-10-28-16(26)12-3-7-14(8-4-12)18(22,23)24/h1-8H,9-10H2. The van der Waals surface area contributed by atoms with Crippen LogP contribution in [0.25, 0.3) is 0 Å². The Kier molecular flexibility index (Phi) is 8.15. The van der Waals surface area contributed by atoms with E-state index in [4.69, 9.17) is 79.1 Å². The predicted octanol–water partition coefficient (Wildman–Crippen LogP) is 6.35. The Morgan fingerprint density at radius 2 is 0.893 bits per heavy atom. The minimum absolute atomic E-state index is 0.122. The number of rotatable bonds is 5. The number of esters is 2. The summed E-state index contributed by atoms with van der Waals surface area (Å²) in [6.45, 7) is -0.244. The second-order valence-electron chi connectivity index (χ2n) is 5.42. The molecule has 4 nitrogen and oxygen atoms in total. The van der Waals surface area contributed by atoms with Gasteiger partial charge < -0.3 is 9.47 Å². The van der Waals surface area contributed by atoms with Crippen molar-refractivity contribution in [2.24, 2.45) is 0 Å². The summed E-state index contributed by atoms with van der Waals surface area (Å²) in [6, 6.07) is 11.9. The van der Waals surface area contributed by atoms with Gasteiger partial charge in [-0.2, -0.15) is 0 Å². The van der Waals surface area contributed by atoms with Crippen molar-refractivity contribution in [1.82, 2.24) is 0 Å². The highest BCUT2D eigenvalue weighted by molar-refractivity contribution is 6.67. The molecule has 0 radical (unpaired) electrons. The van der Waals surface area contributed by atoms with Crippen molar-refractivity contribution in [1.29, 1.82) is 0 Å². The van der Waals surface area contributed by atoms with Crippen LogP contribution in [0, 0.1) is 0 Å². The van der Waals surface area contributed by atoms with Gasteiger partial charge in [0.05, 0.1) is 11.1 Å². The molecule has 0 spiro atoms. The number of ether oxygens (including phenoxy) is 2. The molecule has 0 N–H and O–H groups in total. The summed E-state index contributed by atoms with van der Waals surface area (Å²) in [7, 11) is 0. The van der Waals surface area contributed by atoms with Crippen molar-refractivity contribution in [3.8, 4) is 0 Å². The Bertz CT molecular complexity index is 752. The molecule has 0 bridgehead atoms. The van der Waals surface area contributed by atoms with Crippen molar-refractivity contribution in [2.45, 2.75) is 7.59 Å². The molecule has 2 rings (SSSR count). The summed E-state index contributed by atoms with van der Waals surface area (Å²) in [6.07, 6.45) is 0. The highest BCUT2D eigenvalue weighted by atomic mass is 35.6. The lowest BCUT2D eigenvalue weighted by Crippen LogP contribution is -2.14. The fraction of sp³-hybridized carbons (Fsp3) is 0.222. The van der Waals surface area contributed by atoms with E-state index in [2.05, 4.69) is 0 Å². The van der Waals surface area contributed by atoms with Crippen LogP contribution < -0.4 is 0 Å². The summed E-state index contributed by atoms with van der Waals surface area (Å²) < 4.78 is 6.92. The number of halogens is 6. The van der Waals surface area contributed by atoms with Crippen LogP contribution >= 0.6 is 69.6 Å². The van der Waals surface area contributed by atoms with Crippen LogP contribution in [-0.4, -0.2) is 25.2 Å². The molecule has 2 aromatic rings. The molecule has 0 aromatic heterocycles. The molecular weight excluding hydrogens is 493 g/mol. The topological polar surface area (TPSA) is 52.6 Å². The fourth-order valence-electron chi connectivity index (χ4n) is 2.03. The van der Waals surface area contributed by atoms with Gasteiger partial charge >= 0.3 is 11.9 Å². The molecule has 150 valence electrons. The van der Waals surface area contributed by atoms with Gasteiger partial charge in [0.15, 0.2) is 0 Å². The van der Waals surface area contributed by atoms with E-state index in [1.165, 1.54) is 48.5 Å². The highest BCUT2D eigenvalue weighted by Crippen LogP contribution is 2.38. The number of benzene rings is 2. The van der Waals surface area contributed by atoms with Gasteiger partial charge in [0.25, 0.3) is 0 Å². The zero-order chi connectivity index (χ0) is 20.9. The zero-order valence-electron chi connectivity index (χ0n) is 13.9. The molecule has 0 fully saturated rings. The normalized spacial score (nSPS) is 11.8. The minimum atomic E-state index is -1.58. The minimum Gasteiger partial charge on any atom is -0.458 e. The van der Waals surface area contributed by atoms with Crippen LogP contribution in [0.5, 0.6) is 0 Å². The average Bonchev–Trinajstić information content (AvgIpc) is 2.63. The number of carbonyl (C=O) groups excluding carboxylic acids is 2. The Hall–Kier alpha value is -0.880. The van der Waals surface area contributed by atoms with Crippen LogP contribution in [0.1, 0.15) is 31.8 Å². The summed E-state index contributed by atoms with van der Waals surface area (Å²) in [5.41, 5.74) is 1.38. The molecule has 2 aromatic carbocycles. The molecule has 0 saturated heterocycles. The van der Waals surface area contributed by atoms with E-state index in [-0.39, 0.29) is 24.3 Å². The molecule has 0 saturated carbocycles. The smallest absolute Gasteiger partial charge is 0.338 e. The maximum atomic E-state index is 12.0. The van der Waals surface area contributed by atoms with Gasteiger partial charge in [-0.25, -0.2) is 9.59 Å². The van der Waals surface area contributed by atoms with Crippen molar-refractivity contribution in [2.75, 3.05) is 13.2 Å². The van der Waals surface area contributed by atoms with E-state index in [1.54, 1.807) is 0 Å². The van der Waals surface area contributed by atoms with Crippen LogP contribution in [-0.2, 0) is 17.1 Å². The molecule has 28 heavy (non-hydrogen) atoms. The van der Waals surface area contributed by atoms with Crippen LogP contribution in [0.4, 0.5) is 0 Å². The maximum absolute atomic E-state index is 12.0. The lowest BCUT2D eigenvalue weighted by Gasteiger charge is -2.12. The fourth-order valence-corrected chi connectivity index (χ4v) is 2.78. The largest absolute Gasteiger partial charge is 0.458 e. The summed E-state index contributed by atoms with van der Waals surface area (Å²) in [5, 5.41) is 0.